The van der Waals surface area contributed by atoms with Crippen molar-refractivity contribution in [3.8, 4) is 0 Å². The molecule has 1 fully saturated rings. The monoisotopic (exact) mass is 134 g/mol. The van der Waals surface area contributed by atoms with Crippen LogP contribution in [0.2, 0.25) is 0 Å². The number of hydroxylamine groups is 2. The zero-order valence-electron chi connectivity index (χ0n) is 4.91. The third-order valence-corrected chi connectivity index (χ3v) is 1.28. The van der Waals surface area contributed by atoms with Crippen molar-refractivity contribution in [1.29, 1.82) is 0 Å². The summed E-state index contributed by atoms with van der Waals surface area (Å²) in [6, 6.07) is 0. The number of piperazine rings is 1. The molecule has 1 heterocycles. The van der Waals surface area contributed by atoms with Crippen molar-refractivity contribution >= 4 is 0 Å². The van der Waals surface area contributed by atoms with E-state index < -0.39 is 5.91 Å². The lowest BCUT2D eigenvalue weighted by Gasteiger charge is -2.34. The molecule has 0 unspecified atom stereocenters. The lowest BCUT2D eigenvalue weighted by atomic mass is 10.3. The van der Waals surface area contributed by atoms with Gasteiger partial charge in [-0.3, -0.25) is 0 Å². The van der Waals surface area contributed by atoms with Gasteiger partial charge in [0.1, 0.15) is 0 Å². The Balaban J connectivity index is 2.49. The molecule has 0 bridgehead atoms. The van der Waals surface area contributed by atoms with Crippen LogP contribution in [-0.2, 0) is 0 Å². The van der Waals surface area contributed by atoms with E-state index >= 15 is 0 Å². The van der Waals surface area contributed by atoms with E-state index in [0.29, 0.717) is 11.6 Å². The number of nitrogens with one attached hydrogen (secondary N) is 1. The molecule has 0 saturated carbocycles. The van der Waals surface area contributed by atoms with E-state index in [1.165, 1.54) is 0 Å². The summed E-state index contributed by atoms with van der Waals surface area (Å²) in [5, 5.41) is 29.6. The molecule has 0 aromatic rings. The predicted molar refractivity (Wildman–Crippen MR) is 28.5 cm³/mol. The first kappa shape index (κ1) is 6.91. The molecule has 5 nitrogen and oxygen atoms in total. The van der Waals surface area contributed by atoms with E-state index in [4.69, 9.17) is 15.4 Å². The highest BCUT2D eigenvalue weighted by atomic mass is 16.6. The van der Waals surface area contributed by atoms with E-state index in [1.807, 2.05) is 0 Å². The summed E-state index contributed by atoms with van der Waals surface area (Å²) in [4.78, 5) is 0. The highest BCUT2D eigenvalue weighted by Crippen LogP contribution is 2.05. The van der Waals surface area contributed by atoms with Gasteiger partial charge in [-0.15, -0.1) is 5.06 Å². The van der Waals surface area contributed by atoms with E-state index in [0.717, 1.165) is 0 Å². The van der Waals surface area contributed by atoms with Gasteiger partial charge in [0, 0.05) is 13.1 Å². The summed E-state index contributed by atoms with van der Waals surface area (Å²) < 4.78 is 0. The largest absolute Gasteiger partial charge is 0.351 e. The van der Waals surface area contributed by atoms with Gasteiger partial charge in [0.15, 0.2) is 0 Å². The third-order valence-electron chi connectivity index (χ3n) is 1.28. The van der Waals surface area contributed by atoms with E-state index in [9.17, 15) is 0 Å². The zero-order chi connectivity index (χ0) is 6.91. The molecule has 0 aromatic carbocycles. The van der Waals surface area contributed by atoms with Gasteiger partial charge in [-0.25, -0.2) is 0 Å². The number of aliphatic hydroxyl groups is 2. The molecular weight excluding hydrogens is 124 g/mol. The fraction of sp³-hybridized carbons (Fsp3) is 1.00. The molecule has 1 rings (SSSR count). The van der Waals surface area contributed by atoms with Crippen molar-refractivity contribution in [1.82, 2.24) is 10.4 Å². The topological polar surface area (TPSA) is 76.0 Å². The van der Waals surface area contributed by atoms with Crippen molar-refractivity contribution in [2.75, 3.05) is 19.6 Å². The lowest BCUT2D eigenvalue weighted by molar-refractivity contribution is -0.365. The van der Waals surface area contributed by atoms with Crippen LogP contribution in [0, 0.1) is 0 Å². The maximum atomic E-state index is 8.81. The molecule has 1 saturated heterocycles. The molecule has 0 aromatic heterocycles. The zero-order valence-corrected chi connectivity index (χ0v) is 4.91. The molecule has 0 aliphatic carbocycles. The number of hydrogen-bond donors (Lipinski definition) is 4. The Hall–Kier alpha value is -0.200. The second kappa shape index (κ2) is 2.20. The number of rotatable bonds is 0. The highest BCUT2D eigenvalue weighted by Gasteiger charge is 2.33. The summed E-state index contributed by atoms with van der Waals surface area (Å²) in [7, 11) is 0. The second-order valence-electron chi connectivity index (χ2n) is 2.07. The molecule has 4 N–H and O–H groups in total. The Labute approximate surface area is 52.5 Å². The van der Waals surface area contributed by atoms with Crippen molar-refractivity contribution in [3.05, 3.63) is 0 Å². The molecule has 0 spiro atoms. The van der Waals surface area contributed by atoms with Gasteiger partial charge >= 0.3 is 0 Å². The Morgan fingerprint density at radius 2 is 2.11 bits per heavy atom. The lowest BCUT2D eigenvalue weighted by Crippen LogP contribution is -2.59. The smallest absolute Gasteiger partial charge is 0.260 e. The first-order chi connectivity index (χ1) is 4.13. The van der Waals surface area contributed by atoms with Crippen molar-refractivity contribution in [2.45, 2.75) is 5.91 Å². The van der Waals surface area contributed by atoms with Crippen LogP contribution in [0.3, 0.4) is 0 Å². The van der Waals surface area contributed by atoms with Crippen LogP contribution in [0.4, 0.5) is 0 Å². The van der Waals surface area contributed by atoms with Gasteiger partial charge in [-0.05, 0) is 0 Å². The fourth-order valence-corrected chi connectivity index (χ4v) is 0.711. The van der Waals surface area contributed by atoms with Crippen LogP contribution in [-0.4, -0.2) is 46.0 Å². The van der Waals surface area contributed by atoms with Crippen LogP contribution in [0.15, 0.2) is 0 Å². The van der Waals surface area contributed by atoms with Crippen LogP contribution in [0.5, 0.6) is 0 Å². The summed E-state index contributed by atoms with van der Waals surface area (Å²) in [6.07, 6.45) is 0. The van der Waals surface area contributed by atoms with Gasteiger partial charge < -0.3 is 20.7 Å². The standard InChI is InChI=1S/C4H10N2O3/c7-4(8)3-5-1-2-6(4)9/h5,7-9H,1-3H2. The van der Waals surface area contributed by atoms with Crippen molar-refractivity contribution in [2.24, 2.45) is 0 Å². The Morgan fingerprint density at radius 3 is 2.44 bits per heavy atom. The third kappa shape index (κ3) is 1.38. The molecule has 54 valence electrons. The van der Waals surface area contributed by atoms with Crippen LogP contribution in [0.1, 0.15) is 0 Å². The number of β-amino-alcohol motifs (C(OH)–C–C–N with tert-alkyl or cyclic N) is 2. The molecule has 0 radical (unpaired) electrons. The molecule has 0 atom stereocenters. The summed E-state index contributed by atoms with van der Waals surface area (Å²) >= 11 is 0. The van der Waals surface area contributed by atoms with Crippen molar-refractivity contribution in [3.63, 3.8) is 0 Å². The average molecular weight is 134 g/mol. The Morgan fingerprint density at radius 1 is 1.44 bits per heavy atom. The van der Waals surface area contributed by atoms with Crippen molar-refractivity contribution < 1.29 is 15.4 Å². The highest BCUT2D eigenvalue weighted by molar-refractivity contribution is 4.70. The Kier molecular flexibility index (Phi) is 1.69. The van der Waals surface area contributed by atoms with Crippen LogP contribution >= 0.6 is 0 Å². The number of hydrogen-bond acceptors (Lipinski definition) is 5. The molecule has 5 heteroatoms. The normalized spacial score (nSPS) is 28.3. The Bertz CT molecular complexity index is 106. The minimum Gasteiger partial charge on any atom is -0.351 e. The molecule has 0 amide bonds. The SMILES string of the molecule is ON1CCNCC1(O)O. The van der Waals surface area contributed by atoms with Crippen LogP contribution < -0.4 is 5.32 Å². The van der Waals surface area contributed by atoms with Gasteiger partial charge in [0.05, 0.1) is 6.54 Å². The minimum atomic E-state index is -2.09. The summed E-state index contributed by atoms with van der Waals surface area (Å²) in [5.74, 6) is -2.09. The number of nitrogens with zero attached hydrogens (tertiary/aromatic N) is 1. The van der Waals surface area contributed by atoms with E-state index in [2.05, 4.69) is 5.32 Å². The van der Waals surface area contributed by atoms with E-state index in [-0.39, 0.29) is 13.1 Å². The van der Waals surface area contributed by atoms with Crippen LogP contribution in [0.25, 0.3) is 0 Å². The van der Waals surface area contributed by atoms with Gasteiger partial charge in [-0.2, -0.15) is 0 Å². The predicted octanol–water partition coefficient (Wildman–Crippen LogP) is -2.08. The van der Waals surface area contributed by atoms with Gasteiger partial charge in [0.25, 0.3) is 5.91 Å². The molecule has 9 heavy (non-hydrogen) atoms. The summed E-state index contributed by atoms with van der Waals surface area (Å²) in [5.41, 5.74) is 0. The summed E-state index contributed by atoms with van der Waals surface area (Å²) in [6.45, 7) is 0.774. The fourth-order valence-electron chi connectivity index (χ4n) is 0.711. The molecule has 1 aliphatic rings. The van der Waals surface area contributed by atoms with Gasteiger partial charge in [0.2, 0.25) is 0 Å². The maximum Gasteiger partial charge on any atom is 0.260 e. The minimum absolute atomic E-state index is 0.0243. The molecular formula is C4H10N2O3. The molecule has 1 aliphatic heterocycles. The maximum absolute atomic E-state index is 8.81. The second-order valence-corrected chi connectivity index (χ2v) is 2.07. The average Bonchev–Trinajstić information content (AvgIpc) is 1.77. The quantitative estimate of drug-likeness (QED) is 0.286. The first-order valence-corrected chi connectivity index (χ1v) is 2.75. The van der Waals surface area contributed by atoms with Gasteiger partial charge in [-0.1, -0.05) is 0 Å². The first-order valence-electron chi connectivity index (χ1n) is 2.75. The van der Waals surface area contributed by atoms with E-state index in [1.54, 1.807) is 0 Å².